The first kappa shape index (κ1) is 17.9. The molecule has 0 aliphatic rings. The number of aliphatic hydroxyl groups is 1. The molecule has 0 aliphatic heterocycles. The molecule has 22 heavy (non-hydrogen) atoms. The van der Waals surface area contributed by atoms with E-state index in [0.29, 0.717) is 10.7 Å². The van der Waals surface area contributed by atoms with Gasteiger partial charge in [-0.15, -0.1) is 5.11 Å². The second-order valence-electron chi connectivity index (χ2n) is 3.84. The maximum absolute atomic E-state index is 11.6. The van der Waals surface area contributed by atoms with E-state index < -0.39 is 29.8 Å². The van der Waals surface area contributed by atoms with Crippen molar-refractivity contribution in [1.29, 1.82) is 0 Å². The topological polar surface area (TPSA) is 97.5 Å². The van der Waals surface area contributed by atoms with Gasteiger partial charge in [-0.1, -0.05) is 23.2 Å². The Kier molecular flexibility index (Phi) is 6.81. The number of azo groups is 1. The molecule has 118 valence electrons. The average molecular weight is 347 g/mol. The minimum atomic E-state index is -0.954. The third-order valence-electron chi connectivity index (χ3n) is 2.36. The van der Waals surface area contributed by atoms with Crippen molar-refractivity contribution >= 4 is 40.8 Å². The lowest BCUT2D eigenvalue weighted by molar-refractivity contribution is -0.140. The van der Waals surface area contributed by atoms with Crippen molar-refractivity contribution in [1.82, 2.24) is 0 Å². The molecule has 0 bridgehead atoms. The normalized spacial score (nSPS) is 12.0. The van der Waals surface area contributed by atoms with Gasteiger partial charge in [-0.25, -0.2) is 4.79 Å². The van der Waals surface area contributed by atoms with Crippen LogP contribution in [0.1, 0.15) is 6.42 Å². The minimum absolute atomic E-state index is 0.250. The first-order valence-corrected chi connectivity index (χ1v) is 6.58. The summed E-state index contributed by atoms with van der Waals surface area (Å²) in [5, 5.41) is 17.7. The van der Waals surface area contributed by atoms with Gasteiger partial charge in [0, 0.05) is 0 Å². The molecule has 0 amide bonds. The molecule has 1 aromatic rings. The largest absolute Gasteiger partial charge is 0.509 e. The fraction of sp³-hybridized carbons (Fsp3) is 0.231. The number of carbonyl (C=O) groups is 2. The van der Waals surface area contributed by atoms with Gasteiger partial charge in [0.05, 0.1) is 30.0 Å². The maximum atomic E-state index is 11.6. The highest BCUT2D eigenvalue weighted by molar-refractivity contribution is 6.42. The molecule has 9 heteroatoms. The average Bonchev–Trinajstić information content (AvgIpc) is 2.50. The van der Waals surface area contributed by atoms with E-state index in [1.54, 1.807) is 0 Å². The van der Waals surface area contributed by atoms with Gasteiger partial charge in [-0.3, -0.25) is 4.79 Å². The molecule has 0 heterocycles. The molecule has 0 aromatic heterocycles. The van der Waals surface area contributed by atoms with E-state index in [4.69, 9.17) is 23.2 Å². The van der Waals surface area contributed by atoms with Gasteiger partial charge in [-0.05, 0) is 18.2 Å². The van der Waals surface area contributed by atoms with Crippen molar-refractivity contribution in [2.45, 2.75) is 6.42 Å². The number of ether oxygens (including phenoxy) is 2. The van der Waals surface area contributed by atoms with Gasteiger partial charge < -0.3 is 14.6 Å². The Morgan fingerprint density at radius 1 is 1.18 bits per heavy atom. The van der Waals surface area contributed by atoms with Crippen molar-refractivity contribution in [2.75, 3.05) is 14.2 Å². The lowest BCUT2D eigenvalue weighted by Crippen LogP contribution is -2.09. The minimum Gasteiger partial charge on any atom is -0.509 e. The first-order valence-electron chi connectivity index (χ1n) is 5.83. The summed E-state index contributed by atoms with van der Waals surface area (Å²) in [6.45, 7) is 0. The van der Waals surface area contributed by atoms with Crippen molar-refractivity contribution in [3.63, 3.8) is 0 Å². The van der Waals surface area contributed by atoms with Crippen LogP contribution in [0.4, 0.5) is 5.69 Å². The molecule has 0 saturated carbocycles. The van der Waals surface area contributed by atoms with Crippen molar-refractivity contribution < 1.29 is 24.2 Å². The molecule has 7 nitrogen and oxygen atoms in total. The molecule has 0 spiro atoms. The number of methoxy groups -OCH3 is 2. The van der Waals surface area contributed by atoms with Gasteiger partial charge in [0.2, 0.25) is 5.70 Å². The van der Waals surface area contributed by atoms with Gasteiger partial charge in [0.15, 0.2) is 0 Å². The van der Waals surface area contributed by atoms with E-state index in [1.807, 2.05) is 0 Å². The van der Waals surface area contributed by atoms with Crippen molar-refractivity contribution in [2.24, 2.45) is 10.2 Å². The summed E-state index contributed by atoms with van der Waals surface area (Å²) in [6.07, 6.45) is -0.540. The molecule has 0 radical (unpaired) electrons. The van der Waals surface area contributed by atoms with Crippen LogP contribution in [0.3, 0.4) is 0 Å². The van der Waals surface area contributed by atoms with E-state index in [-0.39, 0.29) is 5.02 Å². The maximum Gasteiger partial charge on any atom is 0.362 e. The van der Waals surface area contributed by atoms with Crippen LogP contribution < -0.4 is 0 Å². The predicted octanol–water partition coefficient (Wildman–Crippen LogP) is 3.58. The molecule has 0 fully saturated rings. The number of benzene rings is 1. The molecular weight excluding hydrogens is 335 g/mol. The Bertz CT molecular complexity index is 643. The van der Waals surface area contributed by atoms with Crippen LogP contribution in [-0.2, 0) is 19.1 Å². The van der Waals surface area contributed by atoms with Crippen LogP contribution in [-0.4, -0.2) is 31.3 Å². The number of hydrogen-bond acceptors (Lipinski definition) is 7. The lowest BCUT2D eigenvalue weighted by Gasteiger charge is -2.03. The van der Waals surface area contributed by atoms with Crippen LogP contribution in [0.5, 0.6) is 0 Å². The highest BCUT2D eigenvalue weighted by Crippen LogP contribution is 2.27. The number of nitrogens with zero attached hydrogens (tertiary/aromatic N) is 2. The van der Waals surface area contributed by atoms with Crippen LogP contribution >= 0.6 is 23.2 Å². The summed E-state index contributed by atoms with van der Waals surface area (Å²) in [7, 11) is 2.24. The number of halogens is 2. The van der Waals surface area contributed by atoms with E-state index in [0.717, 1.165) is 14.2 Å². The van der Waals surface area contributed by atoms with Gasteiger partial charge in [0.1, 0.15) is 12.2 Å². The third-order valence-corrected chi connectivity index (χ3v) is 3.10. The Morgan fingerprint density at radius 3 is 2.41 bits per heavy atom. The zero-order valence-electron chi connectivity index (χ0n) is 11.7. The highest BCUT2D eigenvalue weighted by atomic mass is 35.5. The van der Waals surface area contributed by atoms with E-state index in [1.165, 1.54) is 18.2 Å². The SMILES string of the molecule is COC(=O)C/C(O)=C(\N=Nc1ccc(Cl)c(Cl)c1)C(=O)OC. The fourth-order valence-electron chi connectivity index (χ4n) is 1.26. The number of hydrogen-bond donors (Lipinski definition) is 1. The molecule has 0 aliphatic carbocycles. The van der Waals surface area contributed by atoms with E-state index >= 15 is 0 Å². The summed E-state index contributed by atoms with van der Waals surface area (Å²) in [5.41, 5.74) is -0.222. The summed E-state index contributed by atoms with van der Waals surface area (Å²) in [4.78, 5) is 22.7. The highest BCUT2D eigenvalue weighted by Gasteiger charge is 2.18. The quantitative estimate of drug-likeness (QED) is 0.380. The van der Waals surface area contributed by atoms with Crippen LogP contribution in [0.15, 0.2) is 39.9 Å². The summed E-state index contributed by atoms with van der Waals surface area (Å²) < 4.78 is 8.86. The number of rotatable bonds is 5. The Labute approximate surface area is 136 Å². The van der Waals surface area contributed by atoms with Gasteiger partial charge >= 0.3 is 11.9 Å². The predicted molar refractivity (Wildman–Crippen MR) is 79.3 cm³/mol. The molecule has 0 atom stereocenters. The number of aliphatic hydroxyl groups excluding tert-OH is 1. The molecule has 0 unspecified atom stereocenters. The first-order chi connectivity index (χ1) is 10.4. The van der Waals surface area contributed by atoms with Crippen LogP contribution in [0.2, 0.25) is 10.0 Å². The monoisotopic (exact) mass is 346 g/mol. The van der Waals surface area contributed by atoms with Crippen LogP contribution in [0, 0.1) is 0 Å². The number of esters is 2. The molecule has 1 N–H and O–H groups in total. The number of carbonyl (C=O) groups excluding carboxylic acids is 2. The summed E-state index contributed by atoms with van der Waals surface area (Å²) >= 11 is 11.6. The zero-order chi connectivity index (χ0) is 16.7. The summed E-state index contributed by atoms with van der Waals surface area (Å²) in [5.74, 6) is -2.32. The molecule has 1 aromatic carbocycles. The van der Waals surface area contributed by atoms with Gasteiger partial charge in [0.25, 0.3) is 0 Å². The molecule has 0 saturated heterocycles. The molecule has 1 rings (SSSR count). The Morgan fingerprint density at radius 2 is 1.86 bits per heavy atom. The standard InChI is InChI=1S/C13H12Cl2N2O5/c1-21-11(19)6-10(18)12(13(20)22-2)17-16-7-3-4-8(14)9(15)5-7/h3-5,18H,6H2,1-2H3/b12-10+,17-16?. The third kappa shape index (κ3) is 5.01. The fourth-order valence-corrected chi connectivity index (χ4v) is 1.55. The summed E-state index contributed by atoms with van der Waals surface area (Å²) in [6, 6.07) is 4.41. The van der Waals surface area contributed by atoms with Crippen molar-refractivity contribution in [3.05, 3.63) is 39.7 Å². The Balaban J connectivity index is 3.10. The Hall–Kier alpha value is -2.12. The second kappa shape index (κ2) is 8.35. The second-order valence-corrected chi connectivity index (χ2v) is 4.65. The van der Waals surface area contributed by atoms with Gasteiger partial charge in [-0.2, -0.15) is 5.11 Å². The zero-order valence-corrected chi connectivity index (χ0v) is 13.2. The van der Waals surface area contributed by atoms with Crippen LogP contribution in [0.25, 0.3) is 0 Å². The smallest absolute Gasteiger partial charge is 0.362 e. The van der Waals surface area contributed by atoms with E-state index in [2.05, 4.69) is 19.7 Å². The van der Waals surface area contributed by atoms with E-state index in [9.17, 15) is 14.7 Å². The molecular formula is C13H12Cl2N2O5. The van der Waals surface area contributed by atoms with Crippen molar-refractivity contribution in [3.8, 4) is 0 Å². The lowest BCUT2D eigenvalue weighted by atomic mass is 10.3.